The summed E-state index contributed by atoms with van der Waals surface area (Å²) in [5, 5.41) is 3.12. The Labute approximate surface area is 151 Å². The minimum atomic E-state index is -0.845. The van der Waals surface area contributed by atoms with Gasteiger partial charge in [-0.1, -0.05) is 44.2 Å². The van der Waals surface area contributed by atoms with Crippen LogP contribution >= 0.6 is 0 Å². The summed E-state index contributed by atoms with van der Waals surface area (Å²) < 4.78 is 6.06. The van der Waals surface area contributed by atoms with Gasteiger partial charge in [-0.25, -0.2) is 0 Å². The third-order valence-electron chi connectivity index (χ3n) is 5.26. The van der Waals surface area contributed by atoms with Crippen molar-refractivity contribution < 1.29 is 9.53 Å². The quantitative estimate of drug-likeness (QED) is 0.452. The van der Waals surface area contributed by atoms with E-state index in [1.165, 1.54) is 24.8 Å². The Morgan fingerprint density at radius 2 is 2.08 bits per heavy atom. The molecule has 1 saturated carbocycles. The highest BCUT2D eigenvalue weighted by atomic mass is 16.5. The molecule has 0 aromatic heterocycles. The molecule has 5 nitrogen and oxygen atoms in total. The van der Waals surface area contributed by atoms with E-state index >= 15 is 0 Å². The van der Waals surface area contributed by atoms with Gasteiger partial charge in [0.15, 0.2) is 5.96 Å². The van der Waals surface area contributed by atoms with Crippen molar-refractivity contribution >= 4 is 12.2 Å². The highest BCUT2D eigenvalue weighted by molar-refractivity contribution is 5.83. The average molecular weight is 345 g/mol. The molecule has 0 spiro atoms. The molecule has 0 heterocycles. The van der Waals surface area contributed by atoms with E-state index < -0.39 is 5.54 Å². The zero-order valence-corrected chi connectivity index (χ0v) is 15.7. The molecule has 25 heavy (non-hydrogen) atoms. The van der Waals surface area contributed by atoms with Gasteiger partial charge in [0, 0.05) is 7.05 Å². The molecule has 0 amide bonds. The van der Waals surface area contributed by atoms with Gasteiger partial charge in [-0.15, -0.1) is 0 Å². The first-order valence-electron chi connectivity index (χ1n) is 9.15. The predicted molar refractivity (Wildman–Crippen MR) is 102 cm³/mol. The van der Waals surface area contributed by atoms with Crippen molar-refractivity contribution in [1.29, 1.82) is 0 Å². The zero-order valence-electron chi connectivity index (χ0n) is 15.7. The van der Waals surface area contributed by atoms with E-state index in [0.29, 0.717) is 5.92 Å². The molecule has 0 aliphatic heterocycles. The van der Waals surface area contributed by atoms with E-state index in [1.54, 1.807) is 7.05 Å². The van der Waals surface area contributed by atoms with Crippen molar-refractivity contribution in [2.24, 2.45) is 16.6 Å². The lowest BCUT2D eigenvalue weighted by Gasteiger charge is -2.34. The Hall–Kier alpha value is -2.04. The van der Waals surface area contributed by atoms with Crippen LogP contribution in [0.4, 0.5) is 0 Å². The molecular formula is C20H31N3O2. The maximum absolute atomic E-state index is 12.1. The van der Waals surface area contributed by atoms with Crippen molar-refractivity contribution in [2.75, 3.05) is 13.7 Å². The number of ether oxygens (including phenoxy) is 1. The standard InChI is InChI=1S/C20H31N3O2/c1-15-8-7-11-18(16(15)2)25-14-20(13-24,23-19(21)22-3)12-17-9-5-4-6-10-17/h7-8,11,13,17H,4-6,9-10,12,14H2,1-3H3,(H3,21,22,23). The molecule has 0 saturated heterocycles. The minimum absolute atomic E-state index is 0.244. The Balaban J connectivity index is 2.16. The molecule has 2 rings (SSSR count). The summed E-state index contributed by atoms with van der Waals surface area (Å²) in [4.78, 5) is 16.0. The van der Waals surface area contributed by atoms with Gasteiger partial charge in [-0.05, 0) is 43.4 Å². The Morgan fingerprint density at radius 1 is 1.36 bits per heavy atom. The number of aldehydes is 1. The van der Waals surface area contributed by atoms with Crippen LogP contribution in [0.2, 0.25) is 0 Å². The maximum atomic E-state index is 12.1. The Kier molecular flexibility index (Phi) is 6.85. The van der Waals surface area contributed by atoms with Gasteiger partial charge in [-0.3, -0.25) is 4.99 Å². The van der Waals surface area contributed by atoms with Crippen molar-refractivity contribution in [3.8, 4) is 5.75 Å². The second-order valence-electron chi connectivity index (χ2n) is 7.20. The van der Waals surface area contributed by atoms with Crippen molar-refractivity contribution in [3.05, 3.63) is 29.3 Å². The van der Waals surface area contributed by atoms with Crippen molar-refractivity contribution in [3.63, 3.8) is 0 Å². The number of nitrogens with one attached hydrogen (secondary N) is 1. The number of nitrogens with two attached hydrogens (primary N) is 1. The van der Waals surface area contributed by atoms with E-state index in [-0.39, 0.29) is 12.6 Å². The number of aryl methyl sites for hydroxylation is 1. The van der Waals surface area contributed by atoms with Crippen LogP contribution in [0.3, 0.4) is 0 Å². The minimum Gasteiger partial charge on any atom is -0.490 e. The number of benzene rings is 1. The van der Waals surface area contributed by atoms with Crippen LogP contribution in [0, 0.1) is 19.8 Å². The zero-order chi connectivity index (χ0) is 18.3. The summed E-state index contributed by atoms with van der Waals surface area (Å²) in [6, 6.07) is 5.96. The fourth-order valence-electron chi connectivity index (χ4n) is 3.56. The third-order valence-corrected chi connectivity index (χ3v) is 5.26. The van der Waals surface area contributed by atoms with Gasteiger partial charge < -0.3 is 20.6 Å². The van der Waals surface area contributed by atoms with Crippen LogP contribution in [0.5, 0.6) is 5.75 Å². The highest BCUT2D eigenvalue weighted by Crippen LogP contribution is 2.31. The summed E-state index contributed by atoms with van der Waals surface area (Å²) >= 11 is 0. The number of guanidine groups is 1. The molecule has 1 aliphatic rings. The summed E-state index contributed by atoms with van der Waals surface area (Å²) in [5.41, 5.74) is 7.31. The molecule has 3 N–H and O–H groups in total. The number of rotatable bonds is 7. The average Bonchev–Trinajstić information content (AvgIpc) is 2.63. The highest BCUT2D eigenvalue weighted by Gasteiger charge is 2.35. The molecule has 5 heteroatoms. The van der Waals surface area contributed by atoms with E-state index in [1.807, 2.05) is 19.1 Å². The first kappa shape index (κ1) is 19.3. The molecule has 1 aliphatic carbocycles. The summed E-state index contributed by atoms with van der Waals surface area (Å²) in [7, 11) is 1.62. The normalized spacial score (nSPS) is 18.4. The van der Waals surface area contributed by atoms with Crippen LogP contribution in [0.1, 0.15) is 49.7 Å². The largest absolute Gasteiger partial charge is 0.490 e. The lowest BCUT2D eigenvalue weighted by molar-refractivity contribution is -0.114. The van der Waals surface area contributed by atoms with Gasteiger partial charge in [-0.2, -0.15) is 0 Å². The summed E-state index contributed by atoms with van der Waals surface area (Å²) in [6.45, 7) is 4.33. The molecule has 138 valence electrons. The monoisotopic (exact) mass is 345 g/mol. The van der Waals surface area contributed by atoms with Gasteiger partial charge in [0.25, 0.3) is 0 Å². The van der Waals surface area contributed by atoms with Gasteiger partial charge in [0.1, 0.15) is 24.2 Å². The fraction of sp³-hybridized carbons (Fsp3) is 0.600. The first-order chi connectivity index (χ1) is 12.0. The van der Waals surface area contributed by atoms with Crippen LogP contribution in [-0.4, -0.2) is 31.4 Å². The van der Waals surface area contributed by atoms with Crippen molar-refractivity contribution in [1.82, 2.24) is 5.32 Å². The van der Waals surface area contributed by atoms with Crippen LogP contribution in [-0.2, 0) is 4.79 Å². The maximum Gasteiger partial charge on any atom is 0.189 e. The molecule has 1 unspecified atom stereocenters. The summed E-state index contributed by atoms with van der Waals surface area (Å²) in [6.07, 6.45) is 7.73. The number of carbonyl (C=O) groups excluding carboxylic acids is 1. The second kappa shape index (κ2) is 8.88. The Morgan fingerprint density at radius 3 is 2.72 bits per heavy atom. The molecular weight excluding hydrogens is 314 g/mol. The SMILES string of the molecule is CN=C(N)NC(C=O)(COc1cccc(C)c1C)CC1CCCCC1. The molecule has 1 fully saturated rings. The first-order valence-corrected chi connectivity index (χ1v) is 9.15. The van der Waals surface area contributed by atoms with Crippen LogP contribution in [0.25, 0.3) is 0 Å². The predicted octanol–water partition coefficient (Wildman–Crippen LogP) is 3.12. The topological polar surface area (TPSA) is 76.7 Å². The number of carbonyl (C=O) groups is 1. The Bertz CT molecular complexity index is 609. The number of hydrogen-bond donors (Lipinski definition) is 2. The number of nitrogens with zero attached hydrogens (tertiary/aromatic N) is 1. The number of hydrogen-bond acceptors (Lipinski definition) is 3. The van der Waals surface area contributed by atoms with Gasteiger partial charge >= 0.3 is 0 Å². The van der Waals surface area contributed by atoms with Crippen LogP contribution < -0.4 is 15.8 Å². The molecule has 1 aromatic carbocycles. The lowest BCUT2D eigenvalue weighted by Crippen LogP contribution is -2.57. The molecule has 0 bridgehead atoms. The van der Waals surface area contributed by atoms with Gasteiger partial charge in [0.05, 0.1) is 0 Å². The van der Waals surface area contributed by atoms with E-state index in [4.69, 9.17) is 10.5 Å². The van der Waals surface area contributed by atoms with E-state index in [0.717, 1.165) is 36.9 Å². The van der Waals surface area contributed by atoms with Crippen molar-refractivity contribution in [2.45, 2.75) is 57.9 Å². The molecule has 1 atom stereocenters. The van der Waals surface area contributed by atoms with E-state index in [9.17, 15) is 4.79 Å². The summed E-state index contributed by atoms with van der Waals surface area (Å²) in [5.74, 6) is 1.59. The molecule has 0 radical (unpaired) electrons. The fourth-order valence-corrected chi connectivity index (χ4v) is 3.56. The number of aliphatic imine (C=N–C) groups is 1. The molecule has 1 aromatic rings. The lowest BCUT2D eigenvalue weighted by atomic mass is 9.80. The van der Waals surface area contributed by atoms with Crippen LogP contribution in [0.15, 0.2) is 23.2 Å². The third kappa shape index (κ3) is 5.21. The van der Waals surface area contributed by atoms with Gasteiger partial charge in [0.2, 0.25) is 0 Å². The van der Waals surface area contributed by atoms with E-state index in [2.05, 4.69) is 23.3 Å². The second-order valence-corrected chi connectivity index (χ2v) is 7.20. The smallest absolute Gasteiger partial charge is 0.189 e.